The molecule has 2 fully saturated rings. The first-order valence-electron chi connectivity index (χ1n) is 11.6. The van der Waals surface area contributed by atoms with Gasteiger partial charge in [0.1, 0.15) is 22.1 Å². The van der Waals surface area contributed by atoms with Gasteiger partial charge in [0, 0.05) is 19.3 Å². The number of aromatic nitrogens is 1. The SMILES string of the molecule is O=C(N[C@@H](CC1CC1)S(=O)O)[C@H](Cc1ccccc1)NS(=O)(=O)c1ccc(N2CCOCC2)nc1. The van der Waals surface area contributed by atoms with E-state index in [0.717, 1.165) is 18.4 Å². The molecule has 1 saturated heterocycles. The third-order valence-electron chi connectivity index (χ3n) is 6.05. The lowest BCUT2D eigenvalue weighted by molar-refractivity contribution is -0.123. The highest BCUT2D eigenvalue weighted by molar-refractivity contribution is 7.89. The van der Waals surface area contributed by atoms with Crippen LogP contribution >= 0.6 is 0 Å². The van der Waals surface area contributed by atoms with Gasteiger partial charge in [0.2, 0.25) is 15.9 Å². The topological polar surface area (TPSA) is 138 Å². The van der Waals surface area contributed by atoms with Crippen molar-refractivity contribution in [2.75, 3.05) is 31.2 Å². The van der Waals surface area contributed by atoms with Gasteiger partial charge in [0.25, 0.3) is 0 Å². The van der Waals surface area contributed by atoms with E-state index >= 15 is 0 Å². The molecule has 3 N–H and O–H groups in total. The number of hydrogen-bond acceptors (Lipinski definition) is 7. The van der Waals surface area contributed by atoms with Crippen molar-refractivity contribution in [3.8, 4) is 0 Å². The number of pyridine rings is 1. The van der Waals surface area contributed by atoms with Crippen molar-refractivity contribution in [1.29, 1.82) is 0 Å². The number of carbonyl (C=O) groups is 1. The van der Waals surface area contributed by atoms with Crippen LogP contribution in [0, 0.1) is 5.92 Å². The van der Waals surface area contributed by atoms with Crippen LogP contribution in [0.5, 0.6) is 0 Å². The molecular weight excluding hydrogens is 492 g/mol. The Bertz CT molecular complexity index is 1120. The highest BCUT2D eigenvalue weighted by Gasteiger charge is 2.33. The normalized spacial score (nSPS) is 19.1. The molecule has 1 aliphatic heterocycles. The second-order valence-electron chi connectivity index (χ2n) is 8.77. The third-order valence-corrected chi connectivity index (χ3v) is 8.31. The van der Waals surface area contributed by atoms with Gasteiger partial charge in [0.05, 0.1) is 13.2 Å². The largest absolute Gasteiger partial charge is 0.378 e. The molecule has 1 unspecified atom stereocenters. The summed E-state index contributed by atoms with van der Waals surface area (Å²) in [5, 5.41) is 1.63. The average molecular weight is 523 g/mol. The summed E-state index contributed by atoms with van der Waals surface area (Å²) in [4.78, 5) is 19.3. The van der Waals surface area contributed by atoms with E-state index in [9.17, 15) is 22.0 Å². The Morgan fingerprint density at radius 2 is 1.89 bits per heavy atom. The highest BCUT2D eigenvalue weighted by Crippen LogP contribution is 2.34. The Morgan fingerprint density at radius 3 is 2.49 bits per heavy atom. The lowest BCUT2D eigenvalue weighted by atomic mass is 10.1. The fourth-order valence-corrected chi connectivity index (χ4v) is 5.70. The van der Waals surface area contributed by atoms with Gasteiger partial charge >= 0.3 is 0 Å². The van der Waals surface area contributed by atoms with Crippen LogP contribution in [-0.2, 0) is 37.1 Å². The number of nitrogens with one attached hydrogen (secondary N) is 2. The van der Waals surface area contributed by atoms with Crippen LogP contribution in [0.3, 0.4) is 0 Å². The van der Waals surface area contributed by atoms with E-state index in [0.29, 0.717) is 44.5 Å². The fourth-order valence-electron chi connectivity index (χ4n) is 3.91. The van der Waals surface area contributed by atoms with Crippen molar-refractivity contribution in [2.45, 2.75) is 42.0 Å². The van der Waals surface area contributed by atoms with Crippen LogP contribution in [0.15, 0.2) is 53.6 Å². The monoisotopic (exact) mass is 522 g/mol. The summed E-state index contributed by atoms with van der Waals surface area (Å²) in [5.74, 6) is 0.305. The maximum Gasteiger partial charge on any atom is 0.242 e. The number of amides is 1. The first-order valence-corrected chi connectivity index (χ1v) is 14.2. The molecule has 1 aromatic heterocycles. The van der Waals surface area contributed by atoms with Gasteiger partial charge in [0.15, 0.2) is 11.1 Å². The molecule has 1 saturated carbocycles. The molecule has 0 radical (unpaired) electrons. The van der Waals surface area contributed by atoms with Crippen molar-refractivity contribution in [3.63, 3.8) is 0 Å². The quantitative estimate of drug-likeness (QED) is 0.375. The Balaban J connectivity index is 1.50. The molecule has 2 heterocycles. The molecule has 2 aromatic rings. The second kappa shape index (κ2) is 11.6. The van der Waals surface area contributed by atoms with E-state index in [1.165, 1.54) is 12.3 Å². The van der Waals surface area contributed by atoms with Crippen LogP contribution < -0.4 is 14.9 Å². The molecule has 4 rings (SSSR count). The Kier molecular flexibility index (Phi) is 8.50. The summed E-state index contributed by atoms with van der Waals surface area (Å²) >= 11 is -2.26. The summed E-state index contributed by atoms with van der Waals surface area (Å²) in [6.45, 7) is 2.51. The minimum atomic E-state index is -4.09. The first kappa shape index (κ1) is 25.7. The van der Waals surface area contributed by atoms with E-state index in [4.69, 9.17) is 4.74 Å². The number of nitrogens with zero attached hydrogens (tertiary/aromatic N) is 2. The standard InChI is InChI=1S/C23H30N4O6S2/c28-23(25-22(34(29)30)15-18-6-7-18)20(14-17-4-2-1-3-5-17)26-35(31,32)19-8-9-21(24-16-19)27-10-12-33-13-11-27/h1-5,8-9,16,18,20,22,26H,6-7,10-15H2,(H,25,28)(H,29,30)/t20-,22+/m0/s1. The molecule has 0 bridgehead atoms. The smallest absolute Gasteiger partial charge is 0.242 e. The van der Waals surface area contributed by atoms with Crippen molar-refractivity contribution in [2.24, 2.45) is 5.92 Å². The number of anilines is 1. The molecule has 12 heteroatoms. The summed E-state index contributed by atoms with van der Waals surface area (Å²) in [6, 6.07) is 10.9. The predicted octanol–water partition coefficient (Wildman–Crippen LogP) is 1.27. The molecular formula is C23H30N4O6S2. The van der Waals surface area contributed by atoms with Crippen LogP contribution in [0.1, 0.15) is 24.8 Å². The van der Waals surface area contributed by atoms with Crippen LogP contribution in [0.4, 0.5) is 5.82 Å². The molecule has 3 atom stereocenters. The number of carbonyl (C=O) groups excluding carboxylic acids is 1. The number of ether oxygens (including phenoxy) is 1. The van der Waals surface area contributed by atoms with Gasteiger partial charge in [-0.25, -0.2) is 17.6 Å². The van der Waals surface area contributed by atoms with Crippen molar-refractivity contribution in [3.05, 3.63) is 54.2 Å². The van der Waals surface area contributed by atoms with E-state index in [1.54, 1.807) is 30.3 Å². The highest BCUT2D eigenvalue weighted by atomic mass is 32.2. The number of sulfonamides is 1. The zero-order valence-electron chi connectivity index (χ0n) is 19.2. The minimum absolute atomic E-state index is 0.0689. The summed E-state index contributed by atoms with van der Waals surface area (Å²) < 4.78 is 55.6. The van der Waals surface area contributed by atoms with Crippen molar-refractivity contribution >= 4 is 32.8 Å². The van der Waals surface area contributed by atoms with E-state index in [2.05, 4.69) is 15.0 Å². The average Bonchev–Trinajstić information content (AvgIpc) is 3.68. The fraction of sp³-hybridized carbons (Fsp3) is 0.478. The predicted molar refractivity (Wildman–Crippen MR) is 132 cm³/mol. The zero-order valence-corrected chi connectivity index (χ0v) is 20.8. The van der Waals surface area contributed by atoms with Gasteiger partial charge in [-0.05, 0) is 36.5 Å². The summed E-state index contributed by atoms with van der Waals surface area (Å²) in [6.07, 6.45) is 3.64. The Labute approximate surface area is 207 Å². The lowest BCUT2D eigenvalue weighted by Gasteiger charge is -2.27. The lowest BCUT2D eigenvalue weighted by Crippen LogP contribution is -2.51. The van der Waals surface area contributed by atoms with Gasteiger partial charge in [-0.15, -0.1) is 0 Å². The molecule has 190 valence electrons. The summed E-state index contributed by atoms with van der Waals surface area (Å²) in [5.41, 5.74) is 0.750. The number of rotatable bonds is 11. The molecule has 35 heavy (non-hydrogen) atoms. The maximum absolute atomic E-state index is 13.2. The molecule has 2 aliphatic rings. The first-order chi connectivity index (χ1) is 16.8. The van der Waals surface area contributed by atoms with Crippen LogP contribution in [0.2, 0.25) is 0 Å². The molecule has 1 aliphatic carbocycles. The molecule has 1 amide bonds. The van der Waals surface area contributed by atoms with Crippen molar-refractivity contribution in [1.82, 2.24) is 15.0 Å². The van der Waals surface area contributed by atoms with Gasteiger partial charge < -0.3 is 19.5 Å². The molecule has 1 aromatic carbocycles. The second-order valence-corrected chi connectivity index (χ2v) is 11.6. The maximum atomic E-state index is 13.2. The number of hydrogen-bond donors (Lipinski definition) is 3. The Hall–Kier alpha value is -2.38. The van der Waals surface area contributed by atoms with Gasteiger partial charge in [-0.3, -0.25) is 4.79 Å². The number of morpholine rings is 1. The summed E-state index contributed by atoms with van der Waals surface area (Å²) in [7, 11) is -4.09. The minimum Gasteiger partial charge on any atom is -0.378 e. The molecule has 0 spiro atoms. The van der Waals surface area contributed by atoms with Crippen molar-refractivity contribution < 1.29 is 26.7 Å². The zero-order chi connectivity index (χ0) is 24.8. The van der Waals surface area contributed by atoms with E-state index in [-0.39, 0.29) is 11.3 Å². The van der Waals surface area contributed by atoms with E-state index in [1.807, 2.05) is 11.0 Å². The van der Waals surface area contributed by atoms with Gasteiger partial charge in [-0.2, -0.15) is 4.72 Å². The van der Waals surface area contributed by atoms with Crippen LogP contribution in [0.25, 0.3) is 0 Å². The Morgan fingerprint density at radius 1 is 1.17 bits per heavy atom. The van der Waals surface area contributed by atoms with Gasteiger partial charge in [-0.1, -0.05) is 43.2 Å². The molecule has 10 nitrogen and oxygen atoms in total. The number of benzene rings is 1. The van der Waals surface area contributed by atoms with Crippen LogP contribution in [-0.4, -0.2) is 65.8 Å². The third kappa shape index (κ3) is 7.31. The van der Waals surface area contributed by atoms with E-state index < -0.39 is 38.4 Å².